The summed E-state index contributed by atoms with van der Waals surface area (Å²) >= 11 is 0. The lowest BCUT2D eigenvalue weighted by molar-refractivity contribution is 0.0755. The van der Waals surface area contributed by atoms with Crippen LogP contribution in [0, 0.1) is 12.3 Å². The molecule has 0 aliphatic heterocycles. The Bertz CT molecular complexity index is 538. The Kier molecular flexibility index (Phi) is 5.79. The number of nitrogens with two attached hydrogens (primary N) is 1. The number of rotatable bonds is 6. The Labute approximate surface area is 120 Å². The predicted octanol–water partition coefficient (Wildman–Crippen LogP) is 2.03. The quantitative estimate of drug-likeness (QED) is 0.805. The van der Waals surface area contributed by atoms with Crippen LogP contribution in [0.3, 0.4) is 0 Å². The van der Waals surface area contributed by atoms with Gasteiger partial charge in [-0.3, -0.25) is 9.59 Å². The van der Waals surface area contributed by atoms with Crippen LogP contribution < -0.4 is 5.73 Å². The van der Waals surface area contributed by atoms with E-state index in [1.807, 2.05) is 13.8 Å². The second kappa shape index (κ2) is 7.34. The van der Waals surface area contributed by atoms with Crippen molar-refractivity contribution in [1.82, 2.24) is 4.90 Å². The number of hydrogen-bond acceptors (Lipinski definition) is 2. The van der Waals surface area contributed by atoms with E-state index in [1.165, 1.54) is 6.07 Å². The molecule has 2 amide bonds. The minimum absolute atomic E-state index is 0.148. The summed E-state index contributed by atoms with van der Waals surface area (Å²) in [7, 11) is 0. The van der Waals surface area contributed by atoms with Crippen molar-refractivity contribution in [2.24, 2.45) is 5.73 Å². The number of hydrogen-bond donors (Lipinski definition) is 1. The second-order valence-corrected chi connectivity index (χ2v) is 4.53. The summed E-state index contributed by atoms with van der Waals surface area (Å²) in [6, 6.07) is 4.81. The number of carbonyl (C=O) groups excluding carboxylic acids is 2. The summed E-state index contributed by atoms with van der Waals surface area (Å²) in [5, 5.41) is 0. The molecule has 0 aromatic heterocycles. The van der Waals surface area contributed by atoms with Gasteiger partial charge in [0.2, 0.25) is 5.91 Å². The van der Waals surface area contributed by atoms with E-state index in [0.29, 0.717) is 18.7 Å². The highest BCUT2D eigenvalue weighted by Crippen LogP contribution is 2.16. The van der Waals surface area contributed by atoms with Gasteiger partial charge >= 0.3 is 0 Å². The monoisotopic (exact) mass is 272 g/mol. The molecule has 1 rings (SSSR count). The standard InChI is InChI=1S/C16H20N2O2/c1-4-10-18(11-5-2)16(20)14-9-7-8-13(15(17)19)12(14)6-3/h3,7-9H,4-5,10-11H2,1-2H3,(H2,17,19). The van der Waals surface area contributed by atoms with Crippen LogP contribution in [0.1, 0.15) is 53.0 Å². The highest BCUT2D eigenvalue weighted by atomic mass is 16.2. The molecule has 1 aromatic rings. The Morgan fingerprint density at radius 3 is 2.20 bits per heavy atom. The van der Waals surface area contributed by atoms with E-state index in [9.17, 15) is 9.59 Å². The molecule has 0 radical (unpaired) electrons. The molecule has 0 unspecified atom stereocenters. The van der Waals surface area contributed by atoms with Gasteiger partial charge in [0.15, 0.2) is 0 Å². The molecule has 0 bridgehead atoms. The number of amides is 2. The normalized spacial score (nSPS) is 9.85. The van der Waals surface area contributed by atoms with Gasteiger partial charge in [-0.1, -0.05) is 25.8 Å². The fourth-order valence-corrected chi connectivity index (χ4v) is 2.12. The predicted molar refractivity (Wildman–Crippen MR) is 79.4 cm³/mol. The Hall–Kier alpha value is -2.28. The maximum Gasteiger partial charge on any atom is 0.255 e. The van der Waals surface area contributed by atoms with Gasteiger partial charge in [0.1, 0.15) is 0 Å². The molecule has 0 fully saturated rings. The molecular formula is C16H20N2O2. The SMILES string of the molecule is C#Cc1c(C(N)=O)cccc1C(=O)N(CCC)CCC. The van der Waals surface area contributed by atoms with Crippen molar-refractivity contribution >= 4 is 11.8 Å². The first-order valence-electron chi connectivity index (χ1n) is 6.75. The highest BCUT2D eigenvalue weighted by Gasteiger charge is 2.20. The number of carbonyl (C=O) groups is 2. The molecule has 2 N–H and O–H groups in total. The maximum atomic E-state index is 12.6. The zero-order valence-electron chi connectivity index (χ0n) is 12.0. The van der Waals surface area contributed by atoms with Crippen LogP contribution in [0.5, 0.6) is 0 Å². The molecule has 0 spiro atoms. The zero-order valence-corrected chi connectivity index (χ0v) is 12.0. The number of nitrogens with zero attached hydrogens (tertiary/aromatic N) is 1. The lowest BCUT2D eigenvalue weighted by Gasteiger charge is -2.22. The lowest BCUT2D eigenvalue weighted by Crippen LogP contribution is -2.33. The molecule has 0 saturated heterocycles. The van der Waals surface area contributed by atoms with Crippen molar-refractivity contribution in [3.05, 3.63) is 34.9 Å². The molecule has 0 aliphatic carbocycles. The van der Waals surface area contributed by atoms with E-state index in [1.54, 1.807) is 17.0 Å². The Morgan fingerprint density at radius 2 is 1.75 bits per heavy atom. The molecule has 0 saturated carbocycles. The van der Waals surface area contributed by atoms with E-state index < -0.39 is 5.91 Å². The molecule has 0 aliphatic rings. The van der Waals surface area contributed by atoms with Crippen molar-refractivity contribution in [1.29, 1.82) is 0 Å². The van der Waals surface area contributed by atoms with Crippen LogP contribution in [0.25, 0.3) is 0 Å². The topological polar surface area (TPSA) is 63.4 Å². The van der Waals surface area contributed by atoms with Gasteiger partial charge in [0.25, 0.3) is 5.91 Å². The average molecular weight is 272 g/mol. The van der Waals surface area contributed by atoms with Gasteiger partial charge in [-0.15, -0.1) is 6.42 Å². The molecular weight excluding hydrogens is 252 g/mol. The fraction of sp³-hybridized carbons (Fsp3) is 0.375. The molecule has 0 atom stereocenters. The average Bonchev–Trinajstić information content (AvgIpc) is 2.45. The first-order chi connectivity index (χ1) is 9.56. The van der Waals surface area contributed by atoms with Crippen LogP contribution in [-0.2, 0) is 0 Å². The summed E-state index contributed by atoms with van der Waals surface area (Å²) < 4.78 is 0. The molecule has 4 heteroatoms. The first kappa shape index (κ1) is 15.8. The van der Waals surface area contributed by atoms with Crippen molar-refractivity contribution < 1.29 is 9.59 Å². The van der Waals surface area contributed by atoms with Crippen LogP contribution in [0.2, 0.25) is 0 Å². The Balaban J connectivity index is 3.24. The molecule has 106 valence electrons. The van der Waals surface area contributed by atoms with Crippen LogP contribution >= 0.6 is 0 Å². The summed E-state index contributed by atoms with van der Waals surface area (Å²) in [5.41, 5.74) is 6.15. The number of primary amides is 1. The smallest absolute Gasteiger partial charge is 0.255 e. The summed E-state index contributed by atoms with van der Waals surface area (Å²) in [6.07, 6.45) is 7.18. The zero-order chi connectivity index (χ0) is 15.1. The van der Waals surface area contributed by atoms with E-state index in [2.05, 4.69) is 5.92 Å². The third-order valence-electron chi connectivity index (χ3n) is 2.98. The number of terminal acetylenes is 1. The third kappa shape index (κ3) is 3.39. The largest absolute Gasteiger partial charge is 0.366 e. The minimum Gasteiger partial charge on any atom is -0.366 e. The molecule has 0 heterocycles. The summed E-state index contributed by atoms with van der Waals surface area (Å²) in [5.74, 6) is 1.65. The molecule has 1 aromatic carbocycles. The fourth-order valence-electron chi connectivity index (χ4n) is 2.12. The van der Waals surface area contributed by atoms with E-state index in [4.69, 9.17) is 12.2 Å². The Morgan fingerprint density at radius 1 is 1.20 bits per heavy atom. The maximum absolute atomic E-state index is 12.6. The highest BCUT2D eigenvalue weighted by molar-refractivity contribution is 6.03. The van der Waals surface area contributed by atoms with Crippen LogP contribution in [-0.4, -0.2) is 29.8 Å². The summed E-state index contributed by atoms with van der Waals surface area (Å²) in [6.45, 7) is 5.35. The van der Waals surface area contributed by atoms with Gasteiger partial charge in [0, 0.05) is 18.7 Å². The van der Waals surface area contributed by atoms with Crippen molar-refractivity contribution in [3.8, 4) is 12.3 Å². The minimum atomic E-state index is -0.620. The van der Waals surface area contributed by atoms with Gasteiger partial charge in [-0.25, -0.2) is 0 Å². The van der Waals surface area contributed by atoms with Crippen LogP contribution in [0.15, 0.2) is 18.2 Å². The van der Waals surface area contributed by atoms with E-state index in [0.717, 1.165) is 12.8 Å². The van der Waals surface area contributed by atoms with E-state index in [-0.39, 0.29) is 17.0 Å². The van der Waals surface area contributed by atoms with Crippen molar-refractivity contribution in [2.75, 3.05) is 13.1 Å². The second-order valence-electron chi connectivity index (χ2n) is 4.53. The first-order valence-corrected chi connectivity index (χ1v) is 6.75. The van der Waals surface area contributed by atoms with E-state index >= 15 is 0 Å². The number of benzene rings is 1. The van der Waals surface area contributed by atoms with Crippen LogP contribution in [0.4, 0.5) is 0 Å². The van der Waals surface area contributed by atoms with Crippen molar-refractivity contribution in [2.45, 2.75) is 26.7 Å². The lowest BCUT2D eigenvalue weighted by atomic mass is 10.00. The summed E-state index contributed by atoms with van der Waals surface area (Å²) in [4.78, 5) is 25.7. The van der Waals surface area contributed by atoms with Gasteiger partial charge < -0.3 is 10.6 Å². The van der Waals surface area contributed by atoms with Crippen molar-refractivity contribution in [3.63, 3.8) is 0 Å². The third-order valence-corrected chi connectivity index (χ3v) is 2.98. The molecule has 20 heavy (non-hydrogen) atoms. The van der Waals surface area contributed by atoms with Gasteiger partial charge in [-0.2, -0.15) is 0 Å². The van der Waals surface area contributed by atoms with Gasteiger partial charge in [-0.05, 0) is 25.0 Å². The molecule has 4 nitrogen and oxygen atoms in total. The van der Waals surface area contributed by atoms with Gasteiger partial charge in [0.05, 0.1) is 11.1 Å².